The predicted octanol–water partition coefficient (Wildman–Crippen LogP) is 4.79. The minimum absolute atomic E-state index is 0. The molecule has 0 saturated carbocycles. The monoisotopic (exact) mass is 258 g/mol. The van der Waals surface area contributed by atoms with Crippen molar-refractivity contribution in [2.24, 2.45) is 0 Å². The number of aryl methyl sites for hydroxylation is 4. The fraction of sp³-hybridized carbons (Fsp3) is 0.500. The molecule has 4 heteroatoms. The Labute approximate surface area is 107 Å². The Bertz CT molecular complexity index is 320. The van der Waals surface area contributed by atoms with Crippen molar-refractivity contribution < 1.29 is 0 Å². The first-order valence-electron chi connectivity index (χ1n) is 4.35. The molecule has 0 saturated heterocycles. The highest BCUT2D eigenvalue weighted by Gasteiger charge is 1.86. The molecule has 0 unspecified atom stereocenters. The van der Waals surface area contributed by atoms with Crippen LogP contribution in [0.1, 0.15) is 36.3 Å². The van der Waals surface area contributed by atoms with Crippen molar-refractivity contribution in [3.8, 4) is 0 Å². The van der Waals surface area contributed by atoms with E-state index in [1.165, 1.54) is 0 Å². The second kappa shape index (κ2) is 8.42. The van der Waals surface area contributed by atoms with E-state index in [9.17, 15) is 0 Å². The molecule has 0 bridgehead atoms. The normalized spacial score (nSPS) is 8.25. The lowest BCUT2D eigenvalue weighted by atomic mass is 10.6. The third-order valence-corrected chi connectivity index (χ3v) is 3.25. The Morgan fingerprint density at radius 1 is 0.750 bits per heavy atom. The second-order valence-corrected chi connectivity index (χ2v) is 5.14. The van der Waals surface area contributed by atoms with Crippen LogP contribution in [0.2, 0.25) is 0 Å². The summed E-state index contributed by atoms with van der Waals surface area (Å²) in [5.41, 5.74) is 2.25. The van der Waals surface area contributed by atoms with Gasteiger partial charge in [0.15, 0.2) is 0 Å². The summed E-state index contributed by atoms with van der Waals surface area (Å²) in [6.07, 6.45) is 0. The van der Waals surface area contributed by atoms with E-state index in [2.05, 4.69) is 20.7 Å². The van der Waals surface area contributed by atoms with Crippen molar-refractivity contribution in [1.29, 1.82) is 0 Å². The molecule has 0 aliphatic carbocycles. The van der Waals surface area contributed by atoms with E-state index in [0.717, 1.165) is 21.4 Å². The van der Waals surface area contributed by atoms with Crippen molar-refractivity contribution in [1.82, 2.24) is 9.97 Å². The van der Waals surface area contributed by atoms with E-state index in [1.54, 1.807) is 22.7 Å². The van der Waals surface area contributed by atoms with Crippen LogP contribution in [0.15, 0.2) is 10.8 Å². The van der Waals surface area contributed by atoms with Gasteiger partial charge < -0.3 is 0 Å². The molecule has 0 spiro atoms. The van der Waals surface area contributed by atoms with Gasteiger partial charge in [0.2, 0.25) is 0 Å². The standard InChI is InChI=1S/2C5H7NS.2CH4/c2*1-4-3-7-5(2)6-4;;/h2*3H,1-2H3;2*1H4. The second-order valence-electron chi connectivity index (χ2n) is 3.02. The summed E-state index contributed by atoms with van der Waals surface area (Å²) in [7, 11) is 0. The summed E-state index contributed by atoms with van der Waals surface area (Å²) in [5.74, 6) is 0. The first-order valence-corrected chi connectivity index (χ1v) is 6.11. The predicted molar refractivity (Wildman–Crippen MR) is 76.6 cm³/mol. The van der Waals surface area contributed by atoms with E-state index in [4.69, 9.17) is 0 Å². The highest BCUT2D eigenvalue weighted by atomic mass is 32.1. The lowest BCUT2D eigenvalue weighted by Gasteiger charge is -1.71. The van der Waals surface area contributed by atoms with Gasteiger partial charge in [-0.25, -0.2) is 9.97 Å². The Morgan fingerprint density at radius 2 is 1.06 bits per heavy atom. The van der Waals surface area contributed by atoms with Gasteiger partial charge in [-0.05, 0) is 27.7 Å². The molecule has 0 aliphatic rings. The third kappa shape index (κ3) is 6.69. The number of hydrogen-bond acceptors (Lipinski definition) is 4. The Hall–Kier alpha value is -0.740. The molecule has 0 radical (unpaired) electrons. The quantitative estimate of drug-likeness (QED) is 0.679. The molecular weight excluding hydrogens is 236 g/mol. The molecular formula is C12H22N2S2. The molecule has 0 fully saturated rings. The van der Waals surface area contributed by atoms with E-state index in [1.807, 2.05) is 27.7 Å². The van der Waals surface area contributed by atoms with E-state index in [-0.39, 0.29) is 14.9 Å². The lowest BCUT2D eigenvalue weighted by Crippen LogP contribution is -1.67. The summed E-state index contributed by atoms with van der Waals surface area (Å²) in [6.45, 7) is 8.03. The van der Waals surface area contributed by atoms with Crippen LogP contribution in [0, 0.1) is 27.7 Å². The molecule has 0 atom stereocenters. The van der Waals surface area contributed by atoms with Gasteiger partial charge in [0, 0.05) is 22.1 Å². The smallest absolute Gasteiger partial charge is 0.0897 e. The minimum Gasteiger partial charge on any atom is -0.247 e. The molecule has 16 heavy (non-hydrogen) atoms. The largest absolute Gasteiger partial charge is 0.247 e. The van der Waals surface area contributed by atoms with Gasteiger partial charge in [-0.1, -0.05) is 14.9 Å². The maximum Gasteiger partial charge on any atom is 0.0897 e. The first kappa shape index (κ1) is 17.6. The van der Waals surface area contributed by atoms with E-state index in [0.29, 0.717) is 0 Å². The minimum atomic E-state index is 0. The maximum atomic E-state index is 4.13. The highest BCUT2D eigenvalue weighted by molar-refractivity contribution is 7.09. The van der Waals surface area contributed by atoms with Crippen LogP contribution < -0.4 is 0 Å². The number of hydrogen-bond donors (Lipinski definition) is 0. The van der Waals surface area contributed by atoms with Gasteiger partial charge in [-0.15, -0.1) is 22.7 Å². The fourth-order valence-corrected chi connectivity index (χ4v) is 2.12. The van der Waals surface area contributed by atoms with Gasteiger partial charge in [-0.3, -0.25) is 0 Å². The Balaban J connectivity index is 0. The van der Waals surface area contributed by atoms with Crippen LogP contribution in [0.4, 0.5) is 0 Å². The van der Waals surface area contributed by atoms with E-state index >= 15 is 0 Å². The van der Waals surface area contributed by atoms with Gasteiger partial charge in [0.05, 0.1) is 10.0 Å². The summed E-state index contributed by atoms with van der Waals surface area (Å²) in [6, 6.07) is 0. The molecule has 0 N–H and O–H groups in total. The molecule has 2 aromatic rings. The zero-order chi connectivity index (χ0) is 10.6. The van der Waals surface area contributed by atoms with Crippen molar-refractivity contribution in [2.45, 2.75) is 42.5 Å². The average molecular weight is 258 g/mol. The molecule has 0 aliphatic heterocycles. The van der Waals surface area contributed by atoms with Crippen molar-refractivity contribution in [3.05, 3.63) is 32.2 Å². The van der Waals surface area contributed by atoms with Crippen LogP contribution in [0.25, 0.3) is 0 Å². The van der Waals surface area contributed by atoms with Crippen molar-refractivity contribution in [2.75, 3.05) is 0 Å². The van der Waals surface area contributed by atoms with Crippen molar-refractivity contribution >= 4 is 22.7 Å². The summed E-state index contributed by atoms with van der Waals surface area (Å²) < 4.78 is 0. The van der Waals surface area contributed by atoms with Gasteiger partial charge >= 0.3 is 0 Å². The molecule has 0 aromatic carbocycles. The molecule has 0 amide bonds. The topological polar surface area (TPSA) is 25.8 Å². The van der Waals surface area contributed by atoms with Gasteiger partial charge in [0.25, 0.3) is 0 Å². The number of aromatic nitrogens is 2. The molecule has 2 rings (SSSR count). The van der Waals surface area contributed by atoms with Crippen LogP contribution in [-0.2, 0) is 0 Å². The van der Waals surface area contributed by atoms with Crippen LogP contribution >= 0.6 is 22.7 Å². The SMILES string of the molecule is C.C.Cc1csc(C)n1.Cc1csc(C)n1. The Morgan fingerprint density at radius 3 is 1.12 bits per heavy atom. The molecule has 2 heterocycles. The highest BCUT2D eigenvalue weighted by Crippen LogP contribution is 2.05. The molecule has 2 aromatic heterocycles. The third-order valence-electron chi connectivity index (χ3n) is 1.47. The zero-order valence-corrected chi connectivity index (χ0v) is 10.5. The van der Waals surface area contributed by atoms with Crippen LogP contribution in [-0.4, -0.2) is 9.97 Å². The van der Waals surface area contributed by atoms with Crippen molar-refractivity contribution in [3.63, 3.8) is 0 Å². The summed E-state index contributed by atoms with van der Waals surface area (Å²) in [5, 5.41) is 6.40. The molecule has 2 nitrogen and oxygen atoms in total. The lowest BCUT2D eigenvalue weighted by molar-refractivity contribution is 1.20. The van der Waals surface area contributed by atoms with Gasteiger partial charge in [-0.2, -0.15) is 0 Å². The van der Waals surface area contributed by atoms with Crippen LogP contribution in [0.5, 0.6) is 0 Å². The van der Waals surface area contributed by atoms with Gasteiger partial charge in [0.1, 0.15) is 0 Å². The molecule has 92 valence electrons. The number of nitrogens with zero attached hydrogens (tertiary/aromatic N) is 2. The van der Waals surface area contributed by atoms with E-state index < -0.39 is 0 Å². The maximum absolute atomic E-state index is 4.13. The Kier molecular flexibility index (Phi) is 9.28. The first-order chi connectivity index (χ1) is 6.58. The zero-order valence-electron chi connectivity index (χ0n) is 8.87. The average Bonchev–Trinajstić information content (AvgIpc) is 2.63. The fourth-order valence-electron chi connectivity index (χ4n) is 0.943. The summed E-state index contributed by atoms with van der Waals surface area (Å²) in [4.78, 5) is 8.26. The summed E-state index contributed by atoms with van der Waals surface area (Å²) >= 11 is 3.39. The van der Waals surface area contributed by atoms with Crippen LogP contribution in [0.3, 0.4) is 0 Å². The number of rotatable bonds is 0. The number of thiazole rings is 2.